The number of H-pyrrole nitrogens is 2. The molecule has 0 amide bonds. The highest BCUT2D eigenvalue weighted by Gasteiger charge is 2.19. The van der Waals surface area contributed by atoms with E-state index in [0.29, 0.717) is 27.3 Å². The number of hydrogen-bond donors (Lipinski definition) is 3. The fourth-order valence-corrected chi connectivity index (χ4v) is 4.29. The van der Waals surface area contributed by atoms with Crippen LogP contribution in [-0.4, -0.2) is 40.6 Å². The van der Waals surface area contributed by atoms with Crippen LogP contribution in [0.25, 0.3) is 22.0 Å². The summed E-state index contributed by atoms with van der Waals surface area (Å²) in [5.41, 5.74) is 0.305. The second kappa shape index (κ2) is 8.26. The van der Waals surface area contributed by atoms with Gasteiger partial charge < -0.3 is 14.8 Å². The van der Waals surface area contributed by atoms with E-state index in [4.69, 9.17) is 16.3 Å². The third-order valence-electron chi connectivity index (χ3n) is 4.03. The lowest BCUT2D eigenvalue weighted by atomic mass is 10.0. The number of halogens is 2. The van der Waals surface area contributed by atoms with Crippen molar-refractivity contribution in [1.29, 1.82) is 0 Å². The van der Waals surface area contributed by atoms with Gasteiger partial charge in [-0.05, 0) is 23.8 Å². The van der Waals surface area contributed by atoms with Crippen molar-refractivity contribution >= 4 is 34.3 Å². The van der Waals surface area contributed by atoms with E-state index in [1.54, 1.807) is 12.1 Å². The maximum absolute atomic E-state index is 13.3. The van der Waals surface area contributed by atoms with Crippen LogP contribution < -0.4 is 11.2 Å². The molecule has 3 N–H and O–H groups in total. The van der Waals surface area contributed by atoms with Gasteiger partial charge in [-0.15, -0.1) is 11.8 Å². The summed E-state index contributed by atoms with van der Waals surface area (Å²) in [4.78, 5) is 29.4. The van der Waals surface area contributed by atoms with Crippen LogP contribution >= 0.6 is 23.4 Å². The van der Waals surface area contributed by atoms with E-state index >= 15 is 0 Å². The highest BCUT2D eigenvalue weighted by molar-refractivity contribution is 7.99. The molecule has 0 aliphatic rings. The lowest BCUT2D eigenvalue weighted by Crippen LogP contribution is -2.22. The quantitative estimate of drug-likeness (QED) is 0.543. The van der Waals surface area contributed by atoms with Gasteiger partial charge in [-0.25, -0.2) is 9.18 Å². The normalized spacial score (nSPS) is 12.4. The van der Waals surface area contributed by atoms with Gasteiger partial charge in [0.25, 0.3) is 5.56 Å². The summed E-state index contributed by atoms with van der Waals surface area (Å²) in [6.07, 6.45) is -0.446. The second-order valence-corrected chi connectivity index (χ2v) is 7.19. The molecule has 0 radical (unpaired) electrons. The number of thioether (sulfide) groups is 1. The Balaban J connectivity index is 2.27. The molecule has 142 valence electrons. The first-order valence-electron chi connectivity index (χ1n) is 7.95. The Labute approximate surface area is 162 Å². The van der Waals surface area contributed by atoms with E-state index < -0.39 is 23.2 Å². The molecule has 1 aromatic heterocycles. The molecule has 9 heteroatoms. The van der Waals surface area contributed by atoms with Crippen molar-refractivity contribution in [3.05, 3.63) is 62.0 Å². The summed E-state index contributed by atoms with van der Waals surface area (Å²) in [6.45, 7) is -0.190. The average Bonchev–Trinajstić information content (AvgIpc) is 2.64. The third-order valence-corrected chi connectivity index (χ3v) is 5.56. The van der Waals surface area contributed by atoms with Gasteiger partial charge >= 0.3 is 5.69 Å². The predicted octanol–water partition coefficient (Wildman–Crippen LogP) is 2.78. The zero-order valence-electron chi connectivity index (χ0n) is 14.2. The van der Waals surface area contributed by atoms with Crippen LogP contribution in [0.1, 0.15) is 0 Å². The lowest BCUT2D eigenvalue weighted by molar-refractivity contribution is 0.0656. The molecule has 2 aromatic carbocycles. The van der Waals surface area contributed by atoms with Gasteiger partial charge in [0.05, 0.1) is 28.6 Å². The van der Waals surface area contributed by atoms with E-state index in [1.165, 1.54) is 37.1 Å². The maximum Gasteiger partial charge on any atom is 0.326 e. The summed E-state index contributed by atoms with van der Waals surface area (Å²) in [6, 6.07) is 7.20. The molecule has 0 bridgehead atoms. The van der Waals surface area contributed by atoms with Crippen molar-refractivity contribution in [1.82, 2.24) is 9.97 Å². The number of ether oxygens (including phenoxy) is 1. The fourth-order valence-electron chi connectivity index (χ4n) is 2.65. The van der Waals surface area contributed by atoms with Crippen molar-refractivity contribution in [3.8, 4) is 11.1 Å². The van der Waals surface area contributed by atoms with Gasteiger partial charge in [-0.2, -0.15) is 0 Å². The first-order chi connectivity index (χ1) is 12.9. The van der Waals surface area contributed by atoms with E-state index in [2.05, 4.69) is 9.97 Å². The number of aliphatic hydroxyl groups is 1. The lowest BCUT2D eigenvalue weighted by Gasteiger charge is -2.17. The zero-order valence-corrected chi connectivity index (χ0v) is 15.8. The number of benzene rings is 2. The SMILES string of the molecule is COC(CO)CSc1c(-c2ccc(F)cc2)c(Cl)cc2c(=O)[nH]c(=O)[nH]c12. The molecule has 3 rings (SSSR count). The maximum atomic E-state index is 13.3. The Morgan fingerprint density at radius 2 is 1.96 bits per heavy atom. The van der Waals surface area contributed by atoms with Crippen molar-refractivity contribution in [2.45, 2.75) is 11.0 Å². The smallest absolute Gasteiger partial charge is 0.326 e. The Kier molecular flexibility index (Phi) is 6.01. The van der Waals surface area contributed by atoms with Crippen LogP contribution in [0, 0.1) is 5.82 Å². The van der Waals surface area contributed by atoms with Crippen LogP contribution in [0.15, 0.2) is 44.8 Å². The topological polar surface area (TPSA) is 95.2 Å². The van der Waals surface area contributed by atoms with Gasteiger partial charge in [0.1, 0.15) is 5.82 Å². The first-order valence-corrected chi connectivity index (χ1v) is 9.32. The van der Waals surface area contributed by atoms with Gasteiger partial charge in [0, 0.05) is 23.3 Å². The summed E-state index contributed by atoms with van der Waals surface area (Å²) >= 11 is 7.72. The van der Waals surface area contributed by atoms with Crippen molar-refractivity contribution in [2.75, 3.05) is 19.5 Å². The molecule has 0 fully saturated rings. The molecule has 0 saturated heterocycles. The van der Waals surface area contributed by atoms with Gasteiger partial charge in [0.2, 0.25) is 0 Å². The summed E-state index contributed by atoms with van der Waals surface area (Å²) in [5.74, 6) is -0.0414. The minimum absolute atomic E-state index is 0.190. The molecule has 0 aliphatic carbocycles. The highest BCUT2D eigenvalue weighted by atomic mass is 35.5. The largest absolute Gasteiger partial charge is 0.394 e. The van der Waals surface area contributed by atoms with Crippen LogP contribution in [0.2, 0.25) is 5.02 Å². The highest BCUT2D eigenvalue weighted by Crippen LogP contribution is 2.41. The zero-order chi connectivity index (χ0) is 19.6. The Morgan fingerprint density at radius 1 is 1.26 bits per heavy atom. The Bertz CT molecular complexity index is 1080. The van der Waals surface area contributed by atoms with Crippen LogP contribution in [-0.2, 0) is 4.74 Å². The van der Waals surface area contributed by atoms with Crippen molar-refractivity contribution in [3.63, 3.8) is 0 Å². The molecule has 0 saturated carbocycles. The summed E-state index contributed by atoms with van der Waals surface area (Å²) in [7, 11) is 1.48. The number of hydrogen-bond acceptors (Lipinski definition) is 5. The Hall–Kier alpha value is -2.13. The molecule has 27 heavy (non-hydrogen) atoms. The molecule has 1 unspecified atom stereocenters. The van der Waals surface area contributed by atoms with E-state index in [-0.39, 0.29) is 17.0 Å². The summed E-state index contributed by atoms with van der Waals surface area (Å²) < 4.78 is 18.5. The number of aromatic nitrogens is 2. The third kappa shape index (κ3) is 4.08. The molecule has 0 aliphatic heterocycles. The minimum Gasteiger partial charge on any atom is -0.394 e. The molecule has 1 heterocycles. The number of aromatic amines is 2. The molecule has 6 nitrogen and oxygen atoms in total. The second-order valence-electron chi connectivity index (χ2n) is 5.75. The Morgan fingerprint density at radius 3 is 2.59 bits per heavy atom. The summed E-state index contributed by atoms with van der Waals surface area (Å²) in [5, 5.41) is 9.87. The minimum atomic E-state index is -0.646. The number of nitrogens with one attached hydrogen (secondary N) is 2. The molecule has 3 aromatic rings. The van der Waals surface area contributed by atoms with E-state index in [1.807, 2.05) is 0 Å². The molecular formula is C18H16ClFN2O4S. The van der Waals surface area contributed by atoms with Gasteiger partial charge in [-0.3, -0.25) is 9.78 Å². The number of aliphatic hydroxyl groups excluding tert-OH is 1. The standard InChI is InChI=1S/C18H16ClFN2O4S/c1-26-11(7-23)8-27-16-14(9-2-4-10(20)5-3-9)13(19)6-12-15(16)21-18(25)22-17(12)24/h2-6,11,23H,7-8H2,1H3,(H2,21,22,24,25). The number of methoxy groups -OCH3 is 1. The van der Waals surface area contributed by atoms with Crippen LogP contribution in [0.5, 0.6) is 0 Å². The van der Waals surface area contributed by atoms with Crippen molar-refractivity contribution < 1.29 is 14.2 Å². The molecule has 1 atom stereocenters. The van der Waals surface area contributed by atoms with Crippen LogP contribution in [0.3, 0.4) is 0 Å². The molecule has 0 spiro atoms. The van der Waals surface area contributed by atoms with Crippen LogP contribution in [0.4, 0.5) is 4.39 Å². The monoisotopic (exact) mass is 410 g/mol. The van der Waals surface area contributed by atoms with E-state index in [9.17, 15) is 19.1 Å². The average molecular weight is 411 g/mol. The number of fused-ring (bicyclic) bond motifs is 1. The first kappa shape index (κ1) is 19.6. The van der Waals surface area contributed by atoms with Gasteiger partial charge in [0.15, 0.2) is 0 Å². The van der Waals surface area contributed by atoms with Gasteiger partial charge in [-0.1, -0.05) is 23.7 Å². The molecular weight excluding hydrogens is 395 g/mol. The predicted molar refractivity (Wildman–Crippen MR) is 104 cm³/mol. The number of rotatable bonds is 6. The van der Waals surface area contributed by atoms with E-state index in [0.717, 1.165) is 0 Å². The van der Waals surface area contributed by atoms with Crippen molar-refractivity contribution in [2.24, 2.45) is 0 Å². The fraction of sp³-hybridized carbons (Fsp3) is 0.222.